The summed E-state index contributed by atoms with van der Waals surface area (Å²) >= 11 is 0. The van der Waals surface area contributed by atoms with Crippen molar-refractivity contribution in [1.29, 1.82) is 0 Å². The molecule has 3 heteroatoms. The average molecular weight is 257 g/mol. The van der Waals surface area contributed by atoms with Crippen LogP contribution in [0.5, 0.6) is 0 Å². The Morgan fingerprint density at radius 3 is 2.68 bits per heavy atom. The SMILES string of the molecule is NC[C@H]1Cc2ccc(F)cc2[C@@H](c2ccccc2)O1. The Balaban J connectivity index is 2.07. The van der Waals surface area contributed by atoms with E-state index in [1.54, 1.807) is 6.07 Å². The van der Waals surface area contributed by atoms with Gasteiger partial charge in [0.25, 0.3) is 0 Å². The number of rotatable bonds is 2. The molecule has 0 amide bonds. The molecule has 0 bridgehead atoms. The Bertz CT molecular complexity index is 570. The second kappa shape index (κ2) is 5.11. The Morgan fingerprint density at radius 2 is 1.95 bits per heavy atom. The van der Waals surface area contributed by atoms with Crippen LogP contribution in [0.3, 0.4) is 0 Å². The lowest BCUT2D eigenvalue weighted by atomic mass is 9.90. The monoisotopic (exact) mass is 257 g/mol. The highest BCUT2D eigenvalue weighted by atomic mass is 19.1. The van der Waals surface area contributed by atoms with E-state index in [4.69, 9.17) is 10.5 Å². The normalized spacial score (nSPS) is 22.0. The van der Waals surface area contributed by atoms with Crippen molar-refractivity contribution >= 4 is 0 Å². The van der Waals surface area contributed by atoms with Crippen molar-refractivity contribution in [2.45, 2.75) is 18.6 Å². The molecule has 1 aliphatic rings. The highest BCUT2D eigenvalue weighted by molar-refractivity contribution is 5.38. The minimum Gasteiger partial charge on any atom is -0.364 e. The Morgan fingerprint density at radius 1 is 1.16 bits per heavy atom. The smallest absolute Gasteiger partial charge is 0.123 e. The molecule has 2 aromatic rings. The molecule has 3 rings (SSSR count). The van der Waals surface area contributed by atoms with E-state index < -0.39 is 0 Å². The van der Waals surface area contributed by atoms with Crippen LogP contribution >= 0.6 is 0 Å². The minimum absolute atomic E-state index is 0.0110. The standard InChI is InChI=1S/C16H16FNO/c17-13-7-6-12-8-14(10-18)19-16(15(12)9-13)11-4-2-1-3-5-11/h1-7,9,14,16H,8,10,18H2/t14-,16-/m1/s1. The summed E-state index contributed by atoms with van der Waals surface area (Å²) in [5, 5.41) is 0. The number of hydrogen-bond acceptors (Lipinski definition) is 2. The zero-order valence-corrected chi connectivity index (χ0v) is 10.6. The van der Waals surface area contributed by atoms with E-state index in [2.05, 4.69) is 0 Å². The first-order chi connectivity index (χ1) is 9.28. The maximum Gasteiger partial charge on any atom is 0.123 e. The van der Waals surface area contributed by atoms with Gasteiger partial charge < -0.3 is 10.5 Å². The number of ether oxygens (including phenoxy) is 1. The topological polar surface area (TPSA) is 35.2 Å². The van der Waals surface area contributed by atoms with Crippen LogP contribution in [0.2, 0.25) is 0 Å². The maximum absolute atomic E-state index is 13.5. The van der Waals surface area contributed by atoms with Gasteiger partial charge in [-0.25, -0.2) is 4.39 Å². The Hall–Kier alpha value is -1.71. The number of fused-ring (bicyclic) bond motifs is 1. The third kappa shape index (κ3) is 2.39. The van der Waals surface area contributed by atoms with Gasteiger partial charge in [-0.15, -0.1) is 0 Å². The molecule has 0 radical (unpaired) electrons. The summed E-state index contributed by atoms with van der Waals surface area (Å²) in [4.78, 5) is 0. The van der Waals surface area contributed by atoms with Crippen LogP contribution in [0.15, 0.2) is 48.5 Å². The van der Waals surface area contributed by atoms with E-state index in [0.717, 1.165) is 23.1 Å². The lowest BCUT2D eigenvalue weighted by Crippen LogP contribution is -2.33. The lowest BCUT2D eigenvalue weighted by Gasteiger charge is -2.32. The van der Waals surface area contributed by atoms with E-state index in [1.165, 1.54) is 6.07 Å². The number of benzene rings is 2. The first-order valence-electron chi connectivity index (χ1n) is 6.46. The number of hydrogen-bond donors (Lipinski definition) is 1. The third-order valence-electron chi connectivity index (χ3n) is 3.53. The average Bonchev–Trinajstić information content (AvgIpc) is 2.47. The Labute approximate surface area is 112 Å². The summed E-state index contributed by atoms with van der Waals surface area (Å²) in [5.74, 6) is -0.227. The molecule has 98 valence electrons. The predicted molar refractivity (Wildman–Crippen MR) is 72.3 cm³/mol. The van der Waals surface area contributed by atoms with Gasteiger partial charge >= 0.3 is 0 Å². The highest BCUT2D eigenvalue weighted by Crippen LogP contribution is 2.35. The molecule has 2 aromatic carbocycles. The highest BCUT2D eigenvalue weighted by Gasteiger charge is 2.28. The van der Waals surface area contributed by atoms with Gasteiger partial charge in [0.2, 0.25) is 0 Å². The van der Waals surface area contributed by atoms with Gasteiger partial charge in [0, 0.05) is 13.0 Å². The first-order valence-corrected chi connectivity index (χ1v) is 6.46. The van der Waals surface area contributed by atoms with Gasteiger partial charge in [-0.05, 0) is 28.8 Å². The van der Waals surface area contributed by atoms with E-state index in [-0.39, 0.29) is 18.0 Å². The van der Waals surface area contributed by atoms with Crippen molar-refractivity contribution in [2.75, 3.05) is 6.54 Å². The van der Waals surface area contributed by atoms with Gasteiger partial charge in [-0.1, -0.05) is 36.4 Å². The van der Waals surface area contributed by atoms with Crippen LogP contribution in [0.1, 0.15) is 22.8 Å². The minimum atomic E-state index is -0.228. The molecule has 0 fully saturated rings. The fraction of sp³-hybridized carbons (Fsp3) is 0.250. The predicted octanol–water partition coefficient (Wildman–Crippen LogP) is 2.82. The second-order valence-electron chi connectivity index (χ2n) is 4.83. The summed E-state index contributed by atoms with van der Waals surface area (Å²) < 4.78 is 19.5. The van der Waals surface area contributed by atoms with E-state index in [9.17, 15) is 4.39 Å². The van der Waals surface area contributed by atoms with Crippen molar-refractivity contribution in [1.82, 2.24) is 0 Å². The van der Waals surface area contributed by atoms with Gasteiger partial charge in [0.05, 0.1) is 6.10 Å². The van der Waals surface area contributed by atoms with Gasteiger partial charge in [-0.2, -0.15) is 0 Å². The number of nitrogens with two attached hydrogens (primary N) is 1. The molecule has 0 spiro atoms. The van der Waals surface area contributed by atoms with Crippen LogP contribution in [-0.4, -0.2) is 12.6 Å². The Kier molecular flexibility index (Phi) is 3.32. The van der Waals surface area contributed by atoms with E-state index >= 15 is 0 Å². The van der Waals surface area contributed by atoms with Gasteiger partial charge in [0.15, 0.2) is 0 Å². The first kappa shape index (κ1) is 12.3. The molecule has 0 saturated carbocycles. The molecule has 19 heavy (non-hydrogen) atoms. The second-order valence-corrected chi connectivity index (χ2v) is 4.83. The molecule has 2 nitrogen and oxygen atoms in total. The van der Waals surface area contributed by atoms with Crippen molar-refractivity contribution in [3.05, 3.63) is 71.0 Å². The van der Waals surface area contributed by atoms with Crippen molar-refractivity contribution in [3.8, 4) is 0 Å². The molecular weight excluding hydrogens is 241 g/mol. The third-order valence-corrected chi connectivity index (χ3v) is 3.53. The summed E-state index contributed by atoms with van der Waals surface area (Å²) in [6.45, 7) is 0.472. The van der Waals surface area contributed by atoms with Crippen molar-refractivity contribution < 1.29 is 9.13 Å². The molecule has 0 aromatic heterocycles. The lowest BCUT2D eigenvalue weighted by molar-refractivity contribution is 0.00144. The molecule has 1 aliphatic heterocycles. The van der Waals surface area contributed by atoms with E-state index in [1.807, 2.05) is 36.4 Å². The fourth-order valence-corrected chi connectivity index (χ4v) is 2.58. The quantitative estimate of drug-likeness (QED) is 0.898. The van der Waals surface area contributed by atoms with E-state index in [0.29, 0.717) is 6.54 Å². The number of halogens is 1. The summed E-state index contributed by atoms with van der Waals surface area (Å²) in [6.07, 6.45) is 0.507. The van der Waals surface area contributed by atoms with Gasteiger partial charge in [0.1, 0.15) is 11.9 Å². The van der Waals surface area contributed by atoms with Crippen molar-refractivity contribution in [2.24, 2.45) is 5.73 Å². The zero-order valence-electron chi connectivity index (χ0n) is 10.6. The van der Waals surface area contributed by atoms with Gasteiger partial charge in [-0.3, -0.25) is 0 Å². The molecule has 0 unspecified atom stereocenters. The zero-order chi connectivity index (χ0) is 13.2. The molecule has 1 heterocycles. The molecule has 2 N–H and O–H groups in total. The summed E-state index contributed by atoms with van der Waals surface area (Å²) in [5.41, 5.74) is 8.80. The van der Waals surface area contributed by atoms with Crippen LogP contribution in [0.25, 0.3) is 0 Å². The largest absolute Gasteiger partial charge is 0.364 e. The molecular formula is C16H16FNO. The van der Waals surface area contributed by atoms with Crippen molar-refractivity contribution in [3.63, 3.8) is 0 Å². The molecule has 0 saturated heterocycles. The molecule has 0 aliphatic carbocycles. The van der Waals surface area contributed by atoms with Crippen LogP contribution < -0.4 is 5.73 Å². The summed E-state index contributed by atoms with van der Waals surface area (Å²) in [7, 11) is 0. The molecule has 2 atom stereocenters. The van der Waals surface area contributed by atoms with Crippen LogP contribution in [0, 0.1) is 5.82 Å². The van der Waals surface area contributed by atoms with Crippen LogP contribution in [-0.2, 0) is 11.2 Å². The fourth-order valence-electron chi connectivity index (χ4n) is 2.58. The maximum atomic E-state index is 13.5. The van der Waals surface area contributed by atoms with Crippen LogP contribution in [0.4, 0.5) is 4.39 Å². The summed E-state index contributed by atoms with van der Waals surface area (Å²) in [6, 6.07) is 14.8.